The highest BCUT2D eigenvalue weighted by Crippen LogP contribution is 2.30. The highest BCUT2D eigenvalue weighted by Gasteiger charge is 2.08. The lowest BCUT2D eigenvalue weighted by molar-refractivity contribution is 0.412. The molecule has 3 aromatic rings. The third-order valence-electron chi connectivity index (χ3n) is 2.90. The SMILES string of the molecule is COc1ccc(-c2nc3ncc(C)cc3[nH]2)cc1Br. The number of nitrogens with one attached hydrogen (secondary N) is 1. The second-order valence-corrected chi connectivity index (χ2v) is 5.17. The first-order chi connectivity index (χ1) is 9.17. The van der Waals surface area contributed by atoms with Crippen molar-refractivity contribution < 1.29 is 4.74 Å². The van der Waals surface area contributed by atoms with Gasteiger partial charge in [0.05, 0.1) is 17.1 Å². The fraction of sp³-hybridized carbons (Fsp3) is 0.143. The van der Waals surface area contributed by atoms with Gasteiger partial charge in [-0.2, -0.15) is 0 Å². The van der Waals surface area contributed by atoms with Crippen LogP contribution in [0.15, 0.2) is 34.9 Å². The number of aromatic nitrogens is 3. The summed E-state index contributed by atoms with van der Waals surface area (Å²) in [6, 6.07) is 7.89. The molecule has 0 fully saturated rings. The van der Waals surface area contributed by atoms with E-state index >= 15 is 0 Å². The van der Waals surface area contributed by atoms with Crippen LogP contribution >= 0.6 is 15.9 Å². The largest absolute Gasteiger partial charge is 0.496 e. The van der Waals surface area contributed by atoms with E-state index in [0.29, 0.717) is 0 Å². The average Bonchev–Trinajstić information content (AvgIpc) is 2.81. The van der Waals surface area contributed by atoms with E-state index in [1.165, 1.54) is 0 Å². The molecule has 19 heavy (non-hydrogen) atoms. The number of ether oxygens (including phenoxy) is 1. The lowest BCUT2D eigenvalue weighted by atomic mass is 10.2. The summed E-state index contributed by atoms with van der Waals surface area (Å²) in [5, 5.41) is 0. The summed E-state index contributed by atoms with van der Waals surface area (Å²) in [4.78, 5) is 12.1. The summed E-state index contributed by atoms with van der Waals surface area (Å²) in [6.45, 7) is 2.01. The molecule has 5 heteroatoms. The molecule has 2 aromatic heterocycles. The summed E-state index contributed by atoms with van der Waals surface area (Å²) in [5.41, 5.74) is 3.77. The van der Waals surface area contributed by atoms with Gasteiger partial charge in [-0.15, -0.1) is 0 Å². The van der Waals surface area contributed by atoms with Crippen molar-refractivity contribution in [3.05, 3.63) is 40.5 Å². The number of benzene rings is 1. The predicted octanol–water partition coefficient (Wildman–Crippen LogP) is 3.70. The van der Waals surface area contributed by atoms with Gasteiger partial charge in [0.15, 0.2) is 5.65 Å². The predicted molar refractivity (Wildman–Crippen MR) is 78.3 cm³/mol. The minimum Gasteiger partial charge on any atom is -0.496 e. The van der Waals surface area contributed by atoms with Crippen LogP contribution in [-0.4, -0.2) is 22.1 Å². The molecule has 2 heterocycles. The number of rotatable bonds is 2. The summed E-state index contributed by atoms with van der Waals surface area (Å²) >= 11 is 3.48. The van der Waals surface area contributed by atoms with Crippen LogP contribution in [0.25, 0.3) is 22.6 Å². The molecule has 0 aliphatic heterocycles. The van der Waals surface area contributed by atoms with E-state index in [4.69, 9.17) is 4.74 Å². The lowest BCUT2D eigenvalue weighted by Gasteiger charge is -2.04. The van der Waals surface area contributed by atoms with Gasteiger partial charge >= 0.3 is 0 Å². The van der Waals surface area contributed by atoms with E-state index in [1.54, 1.807) is 7.11 Å². The Morgan fingerprint density at radius 2 is 2.11 bits per heavy atom. The molecule has 0 amide bonds. The van der Waals surface area contributed by atoms with Crippen LogP contribution in [0.2, 0.25) is 0 Å². The van der Waals surface area contributed by atoms with Crippen molar-refractivity contribution in [1.82, 2.24) is 15.0 Å². The van der Waals surface area contributed by atoms with Gasteiger partial charge in [0.1, 0.15) is 11.6 Å². The Balaban J connectivity index is 2.11. The van der Waals surface area contributed by atoms with E-state index in [2.05, 4.69) is 30.9 Å². The Morgan fingerprint density at radius 1 is 1.26 bits per heavy atom. The van der Waals surface area contributed by atoms with Gasteiger partial charge in [0.25, 0.3) is 0 Å². The maximum absolute atomic E-state index is 5.22. The molecule has 0 radical (unpaired) electrons. The van der Waals surface area contributed by atoms with E-state index < -0.39 is 0 Å². The molecular formula is C14H12BrN3O. The molecule has 0 atom stereocenters. The molecule has 0 saturated carbocycles. The molecular weight excluding hydrogens is 306 g/mol. The smallest absolute Gasteiger partial charge is 0.178 e. The number of aryl methyl sites for hydroxylation is 1. The van der Waals surface area contributed by atoms with Gasteiger partial charge in [-0.1, -0.05) is 0 Å². The Bertz CT molecular complexity index is 752. The van der Waals surface area contributed by atoms with Crippen LogP contribution in [0.3, 0.4) is 0 Å². The number of H-pyrrole nitrogens is 1. The Morgan fingerprint density at radius 3 is 2.84 bits per heavy atom. The Labute approximate surface area is 119 Å². The van der Waals surface area contributed by atoms with Crippen molar-refractivity contribution in [1.29, 1.82) is 0 Å². The Kier molecular flexibility index (Phi) is 2.98. The molecule has 1 aromatic carbocycles. The third kappa shape index (κ3) is 2.21. The molecule has 0 unspecified atom stereocenters. The van der Waals surface area contributed by atoms with Gasteiger partial charge in [0.2, 0.25) is 0 Å². The van der Waals surface area contributed by atoms with Crippen LogP contribution in [0.5, 0.6) is 5.75 Å². The number of hydrogen-bond donors (Lipinski definition) is 1. The van der Waals surface area contributed by atoms with Crippen LogP contribution in [-0.2, 0) is 0 Å². The molecule has 0 saturated heterocycles. The molecule has 3 rings (SSSR count). The maximum atomic E-state index is 5.22. The molecule has 96 valence electrons. The quantitative estimate of drug-likeness (QED) is 0.784. The number of fused-ring (bicyclic) bond motifs is 1. The molecule has 0 spiro atoms. The zero-order valence-corrected chi connectivity index (χ0v) is 12.2. The van der Waals surface area contributed by atoms with Crippen molar-refractivity contribution in [3.63, 3.8) is 0 Å². The minimum absolute atomic E-state index is 0.729. The van der Waals surface area contributed by atoms with Crippen molar-refractivity contribution in [2.45, 2.75) is 6.92 Å². The van der Waals surface area contributed by atoms with Gasteiger partial charge in [-0.3, -0.25) is 0 Å². The van der Waals surface area contributed by atoms with Gasteiger partial charge in [-0.05, 0) is 52.7 Å². The first-order valence-electron chi connectivity index (χ1n) is 5.83. The van der Waals surface area contributed by atoms with Gasteiger partial charge in [0, 0.05) is 11.8 Å². The van der Waals surface area contributed by atoms with Gasteiger partial charge in [-0.25, -0.2) is 9.97 Å². The number of pyridine rings is 1. The summed E-state index contributed by atoms with van der Waals surface area (Å²) in [5.74, 6) is 1.60. The molecule has 0 aliphatic rings. The van der Waals surface area contributed by atoms with Crippen molar-refractivity contribution in [2.24, 2.45) is 0 Å². The number of aromatic amines is 1. The van der Waals surface area contributed by atoms with Crippen LogP contribution in [0, 0.1) is 6.92 Å². The van der Waals surface area contributed by atoms with E-state index in [-0.39, 0.29) is 0 Å². The van der Waals surface area contributed by atoms with E-state index in [1.807, 2.05) is 37.4 Å². The molecule has 0 bridgehead atoms. The lowest BCUT2D eigenvalue weighted by Crippen LogP contribution is -1.86. The van der Waals surface area contributed by atoms with Crippen LogP contribution in [0.4, 0.5) is 0 Å². The summed E-state index contributed by atoms with van der Waals surface area (Å²) in [6.07, 6.45) is 1.82. The zero-order valence-electron chi connectivity index (χ0n) is 10.6. The fourth-order valence-corrected chi connectivity index (χ4v) is 2.50. The molecule has 1 N–H and O–H groups in total. The maximum Gasteiger partial charge on any atom is 0.178 e. The number of methoxy groups -OCH3 is 1. The standard InChI is InChI=1S/C14H12BrN3O/c1-8-5-11-14(16-7-8)18-13(17-11)9-3-4-12(19-2)10(15)6-9/h3-7H,1-2H3,(H,16,17,18). The van der Waals surface area contributed by atoms with Crippen LogP contribution in [0.1, 0.15) is 5.56 Å². The summed E-state index contributed by atoms with van der Waals surface area (Å²) < 4.78 is 6.12. The normalized spacial score (nSPS) is 10.9. The summed E-state index contributed by atoms with van der Waals surface area (Å²) in [7, 11) is 1.65. The number of halogens is 1. The Hall–Kier alpha value is -1.88. The minimum atomic E-state index is 0.729. The number of nitrogens with zero attached hydrogens (tertiary/aromatic N) is 2. The second-order valence-electron chi connectivity index (χ2n) is 4.32. The third-order valence-corrected chi connectivity index (χ3v) is 3.52. The zero-order chi connectivity index (χ0) is 13.4. The van der Waals surface area contributed by atoms with Crippen molar-refractivity contribution >= 4 is 27.1 Å². The first-order valence-corrected chi connectivity index (χ1v) is 6.63. The van der Waals surface area contributed by atoms with Crippen molar-refractivity contribution in [2.75, 3.05) is 7.11 Å². The average molecular weight is 318 g/mol. The molecule has 0 aliphatic carbocycles. The topological polar surface area (TPSA) is 50.8 Å². The second kappa shape index (κ2) is 4.66. The highest BCUT2D eigenvalue weighted by molar-refractivity contribution is 9.10. The van der Waals surface area contributed by atoms with Crippen LogP contribution < -0.4 is 4.74 Å². The van der Waals surface area contributed by atoms with E-state index in [9.17, 15) is 0 Å². The monoisotopic (exact) mass is 317 g/mol. The number of hydrogen-bond acceptors (Lipinski definition) is 3. The van der Waals surface area contributed by atoms with E-state index in [0.717, 1.165) is 38.3 Å². The number of imidazole rings is 1. The van der Waals surface area contributed by atoms with Crippen molar-refractivity contribution in [3.8, 4) is 17.1 Å². The fourth-order valence-electron chi connectivity index (χ4n) is 1.95. The van der Waals surface area contributed by atoms with Gasteiger partial charge < -0.3 is 9.72 Å². The highest BCUT2D eigenvalue weighted by atomic mass is 79.9. The molecule has 4 nitrogen and oxygen atoms in total. The first kappa shape index (κ1) is 12.2.